The molecule has 1 atom stereocenters. The molecule has 7 heteroatoms. The number of hydrogen-bond donors (Lipinski definition) is 2. The quantitative estimate of drug-likeness (QED) is 0.654. The molecule has 6 nitrogen and oxygen atoms in total. The number of aryl methyl sites for hydroxylation is 1. The van der Waals surface area contributed by atoms with Crippen molar-refractivity contribution in [3.05, 3.63) is 34.5 Å². The van der Waals surface area contributed by atoms with E-state index in [0.717, 1.165) is 5.03 Å². The van der Waals surface area contributed by atoms with Crippen LogP contribution in [0.1, 0.15) is 22.5 Å². The Morgan fingerprint density at radius 3 is 3.16 bits per heavy atom. The van der Waals surface area contributed by atoms with Gasteiger partial charge in [0.15, 0.2) is 0 Å². The number of allylic oxidation sites excluding steroid dienone is 4. The number of hydrazone groups is 1. The number of nitrogens with two attached hydrogens (primary N) is 1. The molecule has 0 saturated carbocycles. The highest BCUT2D eigenvalue weighted by Crippen LogP contribution is 2.19. The Hall–Kier alpha value is -2.08. The summed E-state index contributed by atoms with van der Waals surface area (Å²) in [5.74, 6) is -0.401. The van der Waals surface area contributed by atoms with Crippen LogP contribution in [0.5, 0.6) is 0 Å². The van der Waals surface area contributed by atoms with E-state index in [-0.39, 0.29) is 17.4 Å². The van der Waals surface area contributed by atoms with Crippen LogP contribution in [0.15, 0.2) is 32.9 Å². The lowest BCUT2D eigenvalue weighted by atomic mass is 10.0. The Morgan fingerprint density at radius 1 is 1.74 bits per heavy atom. The largest absolute Gasteiger partial charge is 0.367 e. The van der Waals surface area contributed by atoms with E-state index in [2.05, 4.69) is 15.7 Å². The van der Waals surface area contributed by atoms with Gasteiger partial charge in [0.1, 0.15) is 5.56 Å². The average molecular weight is 281 g/mol. The van der Waals surface area contributed by atoms with E-state index in [4.69, 9.17) is 21.9 Å². The normalized spacial score (nSPS) is 18.6. The summed E-state index contributed by atoms with van der Waals surface area (Å²) in [6.45, 7) is 1.63. The van der Waals surface area contributed by atoms with E-state index >= 15 is 0 Å². The fourth-order valence-electron chi connectivity index (χ4n) is 1.68. The maximum absolute atomic E-state index is 11.8. The minimum absolute atomic E-state index is 0.0197. The van der Waals surface area contributed by atoms with E-state index < -0.39 is 5.91 Å². The highest BCUT2D eigenvalue weighted by Gasteiger charge is 2.17. The van der Waals surface area contributed by atoms with Gasteiger partial charge < -0.3 is 10.3 Å². The fourth-order valence-corrected chi connectivity index (χ4v) is 1.93. The van der Waals surface area contributed by atoms with E-state index in [9.17, 15) is 4.79 Å². The number of rotatable bonds is 3. The minimum Gasteiger partial charge on any atom is -0.367 e. The molecule has 0 bridgehead atoms. The zero-order valence-corrected chi connectivity index (χ0v) is 11.0. The van der Waals surface area contributed by atoms with E-state index in [1.165, 1.54) is 0 Å². The zero-order chi connectivity index (χ0) is 13.8. The molecule has 1 aliphatic carbocycles. The van der Waals surface area contributed by atoms with Gasteiger partial charge in [-0.3, -0.25) is 4.79 Å². The van der Waals surface area contributed by atoms with E-state index in [0.29, 0.717) is 12.1 Å². The van der Waals surface area contributed by atoms with Crippen molar-refractivity contribution >= 4 is 29.6 Å². The highest BCUT2D eigenvalue weighted by molar-refractivity contribution is 6.29. The molecular formula is C12H13ClN4O2. The average Bonchev–Trinajstić information content (AvgIpc) is 2.69. The molecule has 1 amide bonds. The monoisotopic (exact) mass is 280 g/mol. The van der Waals surface area contributed by atoms with Gasteiger partial charge >= 0.3 is 0 Å². The summed E-state index contributed by atoms with van der Waals surface area (Å²) < 4.78 is 4.71. The molecule has 19 heavy (non-hydrogen) atoms. The Kier molecular flexibility index (Phi) is 4.01. The number of anilines is 1. The molecule has 0 fully saturated rings. The van der Waals surface area contributed by atoms with Gasteiger partial charge in [0.25, 0.3) is 5.91 Å². The smallest absolute Gasteiger partial charge is 0.278 e. The third-order valence-electron chi connectivity index (χ3n) is 2.61. The first kappa shape index (κ1) is 13.4. The van der Waals surface area contributed by atoms with Crippen LogP contribution in [-0.4, -0.2) is 17.3 Å². The molecule has 0 aromatic carbocycles. The molecule has 1 heterocycles. The minimum atomic E-state index is -0.450. The van der Waals surface area contributed by atoms with Crippen LogP contribution in [0.4, 0.5) is 5.88 Å². The summed E-state index contributed by atoms with van der Waals surface area (Å²) in [7, 11) is 0. The van der Waals surface area contributed by atoms with Gasteiger partial charge in [-0.1, -0.05) is 28.9 Å². The number of aromatic nitrogens is 1. The topological polar surface area (TPSA) is 93.5 Å². The number of nitrogens with one attached hydrogen (secondary N) is 1. The number of nitrogens with zero attached hydrogens (tertiary/aromatic N) is 2. The summed E-state index contributed by atoms with van der Waals surface area (Å²) in [6, 6.07) is 0. The van der Waals surface area contributed by atoms with Gasteiger partial charge in [-0.25, -0.2) is 5.43 Å². The van der Waals surface area contributed by atoms with Gasteiger partial charge in [0.05, 0.1) is 5.69 Å². The molecule has 1 aromatic rings. The first-order valence-corrected chi connectivity index (χ1v) is 6.04. The van der Waals surface area contributed by atoms with E-state index in [1.807, 2.05) is 18.2 Å². The number of amides is 1. The molecule has 2 rings (SSSR count). The molecule has 0 spiro atoms. The molecule has 1 unspecified atom stereocenters. The highest BCUT2D eigenvalue weighted by atomic mass is 35.5. The van der Waals surface area contributed by atoms with Crippen LogP contribution < -0.4 is 11.2 Å². The summed E-state index contributed by atoms with van der Waals surface area (Å²) in [5.41, 5.74) is 8.51. The molecule has 1 aliphatic rings. The number of halogens is 1. The van der Waals surface area contributed by atoms with Crippen LogP contribution >= 0.6 is 11.6 Å². The van der Waals surface area contributed by atoms with Crippen molar-refractivity contribution in [3.63, 3.8) is 0 Å². The molecule has 100 valence electrons. The fraction of sp³-hybridized carbons (Fsp3) is 0.250. The second-order valence-electron chi connectivity index (χ2n) is 4.09. The second-order valence-corrected chi connectivity index (χ2v) is 4.58. The summed E-state index contributed by atoms with van der Waals surface area (Å²) in [5, 5.41) is 8.23. The number of nitrogen functional groups attached to an aromatic ring is 1. The standard InChI is InChI=1S/C12H13ClN4O2/c1-7-10(11(14)19-17-7)12(18)16-15-6-8-3-2-4-9(13)5-8/h2-4,6,8H,5,14H2,1H3,(H,16,18)/b15-6+. The van der Waals surface area contributed by atoms with Crippen molar-refractivity contribution in [1.82, 2.24) is 10.6 Å². The van der Waals surface area contributed by atoms with Gasteiger partial charge in [-0.15, -0.1) is 0 Å². The van der Waals surface area contributed by atoms with Crippen LogP contribution in [0.2, 0.25) is 0 Å². The molecule has 3 N–H and O–H groups in total. The summed E-state index contributed by atoms with van der Waals surface area (Å²) >= 11 is 5.90. The van der Waals surface area contributed by atoms with Crippen LogP contribution in [-0.2, 0) is 0 Å². The lowest BCUT2D eigenvalue weighted by Gasteiger charge is -2.09. The molecular weight excluding hydrogens is 268 g/mol. The second kappa shape index (κ2) is 5.71. The summed E-state index contributed by atoms with van der Waals surface area (Å²) in [6.07, 6.45) is 7.91. The Bertz CT molecular complexity index is 555. The van der Waals surface area contributed by atoms with Crippen molar-refractivity contribution in [2.75, 3.05) is 5.73 Å². The predicted octanol–water partition coefficient (Wildman–Crippen LogP) is 1.98. The van der Waals surface area contributed by atoms with Crippen molar-refractivity contribution in [2.24, 2.45) is 11.0 Å². The van der Waals surface area contributed by atoms with Crippen LogP contribution in [0, 0.1) is 12.8 Å². The molecule has 0 radical (unpaired) electrons. The van der Waals surface area contributed by atoms with Crippen LogP contribution in [0.3, 0.4) is 0 Å². The first-order valence-electron chi connectivity index (χ1n) is 5.66. The maximum Gasteiger partial charge on any atom is 0.278 e. The predicted molar refractivity (Wildman–Crippen MR) is 72.8 cm³/mol. The number of carbonyl (C=O) groups is 1. The van der Waals surface area contributed by atoms with Crippen LogP contribution in [0.25, 0.3) is 0 Å². The van der Waals surface area contributed by atoms with E-state index in [1.54, 1.807) is 13.1 Å². The van der Waals surface area contributed by atoms with Crippen molar-refractivity contribution < 1.29 is 9.32 Å². The molecule has 0 aliphatic heterocycles. The van der Waals surface area contributed by atoms with Crippen molar-refractivity contribution in [1.29, 1.82) is 0 Å². The summed E-state index contributed by atoms with van der Waals surface area (Å²) in [4.78, 5) is 11.8. The third kappa shape index (κ3) is 3.23. The Labute approximate surface area is 115 Å². The molecule has 1 aromatic heterocycles. The molecule has 0 saturated heterocycles. The number of hydrogen-bond acceptors (Lipinski definition) is 5. The van der Waals surface area contributed by atoms with Crippen molar-refractivity contribution in [3.8, 4) is 0 Å². The SMILES string of the molecule is Cc1noc(N)c1C(=O)N/N=C/C1C=CC=C(Cl)C1. The van der Waals surface area contributed by atoms with Crippen molar-refractivity contribution in [2.45, 2.75) is 13.3 Å². The maximum atomic E-state index is 11.8. The van der Waals surface area contributed by atoms with Gasteiger partial charge in [-0.05, 0) is 19.4 Å². The van der Waals surface area contributed by atoms with Gasteiger partial charge in [0, 0.05) is 17.2 Å². The third-order valence-corrected chi connectivity index (χ3v) is 2.89. The zero-order valence-electron chi connectivity index (χ0n) is 10.3. The van der Waals surface area contributed by atoms with Gasteiger partial charge in [-0.2, -0.15) is 5.10 Å². The Morgan fingerprint density at radius 2 is 2.53 bits per heavy atom. The van der Waals surface area contributed by atoms with Gasteiger partial charge in [0.2, 0.25) is 5.88 Å². The lowest BCUT2D eigenvalue weighted by Crippen LogP contribution is -2.20. The lowest BCUT2D eigenvalue weighted by molar-refractivity contribution is 0.0955. The number of carbonyl (C=O) groups excluding carboxylic acids is 1. The Balaban J connectivity index is 1.94. The first-order chi connectivity index (χ1) is 9.08.